The molecule has 0 atom stereocenters. The predicted octanol–water partition coefficient (Wildman–Crippen LogP) is 2.56. The molecule has 0 aromatic heterocycles. The van der Waals surface area contributed by atoms with Gasteiger partial charge < -0.3 is 0 Å². The number of nitriles is 1. The summed E-state index contributed by atoms with van der Waals surface area (Å²) in [5, 5.41) is 8.49. The van der Waals surface area contributed by atoms with Crippen molar-refractivity contribution in [3.63, 3.8) is 0 Å². The van der Waals surface area contributed by atoms with Gasteiger partial charge in [0.05, 0.1) is 12.5 Å². The number of hydrogen-bond donors (Lipinski definition) is 0. The molecule has 1 aromatic rings. The first-order valence-electron chi connectivity index (χ1n) is 2.92. The van der Waals surface area contributed by atoms with E-state index in [0.717, 1.165) is 6.42 Å². The minimum atomic E-state index is -0.473. The average molecular weight is 169 g/mol. The Morgan fingerprint density at radius 3 is 2.82 bits per heavy atom. The van der Waals surface area contributed by atoms with Crippen molar-refractivity contribution in [1.29, 1.82) is 5.26 Å². The third-order valence-corrected chi connectivity index (χ3v) is 1.54. The van der Waals surface area contributed by atoms with E-state index in [0.29, 0.717) is 0 Å². The van der Waals surface area contributed by atoms with Crippen LogP contribution in [0.5, 0.6) is 0 Å². The Morgan fingerprint density at radius 1 is 1.55 bits per heavy atom. The molecular formula is C8H4ClFN. The minimum Gasteiger partial charge on any atom is -0.207 e. The van der Waals surface area contributed by atoms with Gasteiger partial charge in [-0.25, -0.2) is 4.39 Å². The van der Waals surface area contributed by atoms with Crippen molar-refractivity contribution in [3.05, 3.63) is 41.0 Å². The molecule has 1 nitrogen and oxygen atoms in total. The zero-order valence-electron chi connectivity index (χ0n) is 5.51. The van der Waals surface area contributed by atoms with E-state index in [1.807, 2.05) is 0 Å². The van der Waals surface area contributed by atoms with Crippen molar-refractivity contribution in [2.75, 3.05) is 0 Å². The van der Waals surface area contributed by atoms with Crippen LogP contribution in [0.2, 0.25) is 5.02 Å². The summed E-state index contributed by atoms with van der Waals surface area (Å²) < 4.78 is 12.8. The van der Waals surface area contributed by atoms with Crippen LogP contribution in [0.15, 0.2) is 18.2 Å². The lowest BCUT2D eigenvalue weighted by atomic mass is 10.1. The van der Waals surface area contributed by atoms with E-state index in [4.69, 9.17) is 16.9 Å². The summed E-state index contributed by atoms with van der Waals surface area (Å²) in [6, 6.07) is 6.00. The molecule has 0 N–H and O–H groups in total. The van der Waals surface area contributed by atoms with Gasteiger partial charge in [0.15, 0.2) is 0 Å². The van der Waals surface area contributed by atoms with Crippen LogP contribution in [-0.2, 0) is 0 Å². The number of rotatable bonds is 1. The van der Waals surface area contributed by atoms with Gasteiger partial charge in [-0.15, -0.1) is 0 Å². The van der Waals surface area contributed by atoms with E-state index in [1.165, 1.54) is 18.2 Å². The Labute approximate surface area is 69.0 Å². The van der Waals surface area contributed by atoms with Crippen LogP contribution in [0.25, 0.3) is 0 Å². The van der Waals surface area contributed by atoms with Gasteiger partial charge in [0, 0.05) is 10.6 Å². The van der Waals surface area contributed by atoms with Crippen LogP contribution in [0.4, 0.5) is 4.39 Å². The highest BCUT2D eigenvalue weighted by atomic mass is 35.5. The molecule has 11 heavy (non-hydrogen) atoms. The molecule has 0 aliphatic rings. The molecule has 0 saturated heterocycles. The molecule has 0 spiro atoms. The lowest BCUT2D eigenvalue weighted by Gasteiger charge is -1.98. The third kappa shape index (κ3) is 1.69. The SMILES string of the molecule is N#C[CH]c1c(F)cccc1Cl. The molecule has 0 bridgehead atoms. The van der Waals surface area contributed by atoms with Crippen molar-refractivity contribution in [1.82, 2.24) is 0 Å². The van der Waals surface area contributed by atoms with Crippen LogP contribution in [-0.4, -0.2) is 0 Å². The molecule has 55 valence electrons. The van der Waals surface area contributed by atoms with Gasteiger partial charge in [-0.3, -0.25) is 0 Å². The van der Waals surface area contributed by atoms with Crippen LogP contribution in [0, 0.1) is 23.6 Å². The Kier molecular flexibility index (Phi) is 2.45. The molecule has 0 amide bonds. The zero-order valence-corrected chi connectivity index (χ0v) is 6.27. The van der Waals surface area contributed by atoms with Gasteiger partial charge >= 0.3 is 0 Å². The van der Waals surface area contributed by atoms with E-state index < -0.39 is 5.82 Å². The van der Waals surface area contributed by atoms with Crippen molar-refractivity contribution in [2.24, 2.45) is 0 Å². The normalized spacial score (nSPS) is 9.18. The van der Waals surface area contributed by atoms with Gasteiger partial charge in [-0.1, -0.05) is 17.7 Å². The Balaban J connectivity index is 3.12. The van der Waals surface area contributed by atoms with Crippen LogP contribution in [0.1, 0.15) is 5.56 Å². The molecule has 0 unspecified atom stereocenters. The van der Waals surface area contributed by atoms with E-state index in [2.05, 4.69) is 0 Å². The topological polar surface area (TPSA) is 23.8 Å². The molecule has 0 aliphatic heterocycles. The molecule has 3 heteroatoms. The molecule has 1 aromatic carbocycles. The van der Waals surface area contributed by atoms with Crippen LogP contribution < -0.4 is 0 Å². The monoisotopic (exact) mass is 168 g/mol. The standard InChI is InChI=1S/C8H4ClFN/c9-7-2-1-3-8(10)6(7)4-5-11/h1-4H. The minimum absolute atomic E-state index is 0.150. The first-order valence-corrected chi connectivity index (χ1v) is 3.30. The lowest BCUT2D eigenvalue weighted by Crippen LogP contribution is -1.86. The molecule has 1 radical (unpaired) electrons. The summed E-state index contributed by atoms with van der Waals surface area (Å²) in [5.74, 6) is -0.473. The summed E-state index contributed by atoms with van der Waals surface area (Å²) in [6.07, 6.45) is 1.08. The summed E-state index contributed by atoms with van der Waals surface area (Å²) in [7, 11) is 0. The zero-order chi connectivity index (χ0) is 8.27. The number of nitrogens with zero attached hydrogens (tertiary/aromatic N) is 1. The molecule has 0 saturated carbocycles. The van der Waals surface area contributed by atoms with Gasteiger partial charge in [-0.05, 0) is 12.1 Å². The fourth-order valence-corrected chi connectivity index (χ4v) is 0.931. The highest BCUT2D eigenvalue weighted by Crippen LogP contribution is 2.19. The predicted molar refractivity (Wildman–Crippen MR) is 40.4 cm³/mol. The summed E-state index contributed by atoms with van der Waals surface area (Å²) >= 11 is 5.59. The fourth-order valence-electron chi connectivity index (χ4n) is 0.713. The van der Waals surface area contributed by atoms with E-state index in [-0.39, 0.29) is 10.6 Å². The first-order chi connectivity index (χ1) is 5.25. The van der Waals surface area contributed by atoms with Crippen molar-refractivity contribution >= 4 is 11.6 Å². The largest absolute Gasteiger partial charge is 0.207 e. The summed E-state index contributed by atoms with van der Waals surface area (Å²) in [5.41, 5.74) is 0.150. The van der Waals surface area contributed by atoms with Crippen molar-refractivity contribution in [3.8, 4) is 6.07 Å². The van der Waals surface area contributed by atoms with Crippen LogP contribution >= 0.6 is 11.6 Å². The number of halogens is 2. The second kappa shape index (κ2) is 3.36. The van der Waals surface area contributed by atoms with Crippen LogP contribution in [0.3, 0.4) is 0 Å². The second-order valence-corrected chi connectivity index (χ2v) is 2.32. The maximum Gasteiger partial charge on any atom is 0.129 e. The molecule has 0 fully saturated rings. The van der Waals surface area contributed by atoms with Gasteiger partial charge in [-0.2, -0.15) is 5.26 Å². The summed E-state index contributed by atoms with van der Waals surface area (Å²) in [6.45, 7) is 0. The van der Waals surface area contributed by atoms with E-state index >= 15 is 0 Å². The number of hydrogen-bond acceptors (Lipinski definition) is 1. The Morgan fingerprint density at radius 2 is 2.27 bits per heavy atom. The summed E-state index contributed by atoms with van der Waals surface area (Å²) in [4.78, 5) is 0. The highest BCUT2D eigenvalue weighted by Gasteiger charge is 2.05. The van der Waals surface area contributed by atoms with Gasteiger partial charge in [0.25, 0.3) is 0 Å². The molecule has 0 aliphatic carbocycles. The molecular weight excluding hydrogens is 165 g/mol. The first kappa shape index (κ1) is 8.03. The van der Waals surface area contributed by atoms with E-state index in [1.54, 1.807) is 6.07 Å². The Hall–Kier alpha value is -1.07. The quantitative estimate of drug-likeness (QED) is 0.632. The third-order valence-electron chi connectivity index (χ3n) is 1.21. The smallest absolute Gasteiger partial charge is 0.129 e. The van der Waals surface area contributed by atoms with Crippen molar-refractivity contribution < 1.29 is 4.39 Å². The average Bonchev–Trinajstić information content (AvgIpc) is 1.97. The highest BCUT2D eigenvalue weighted by molar-refractivity contribution is 6.31. The molecule has 1 rings (SSSR count). The van der Waals surface area contributed by atoms with E-state index in [9.17, 15) is 4.39 Å². The lowest BCUT2D eigenvalue weighted by molar-refractivity contribution is 0.621. The maximum atomic E-state index is 12.8. The molecule has 0 heterocycles. The van der Waals surface area contributed by atoms with Gasteiger partial charge in [0.1, 0.15) is 5.82 Å². The van der Waals surface area contributed by atoms with Gasteiger partial charge in [0.2, 0.25) is 0 Å². The maximum absolute atomic E-state index is 12.8. The van der Waals surface area contributed by atoms with Crippen molar-refractivity contribution in [2.45, 2.75) is 0 Å². The fraction of sp³-hybridized carbons (Fsp3) is 0. The Bertz CT molecular complexity index is 283. The number of benzene rings is 1. The second-order valence-electron chi connectivity index (χ2n) is 1.91.